The van der Waals surface area contributed by atoms with Gasteiger partial charge in [0.1, 0.15) is 17.4 Å². The molecule has 170 valence electrons. The first-order chi connectivity index (χ1) is 14.5. The van der Waals surface area contributed by atoms with Crippen LogP contribution in [0.25, 0.3) is 11.3 Å². The fourth-order valence-corrected chi connectivity index (χ4v) is 4.20. The lowest BCUT2D eigenvalue weighted by molar-refractivity contribution is -0.118. The summed E-state index contributed by atoms with van der Waals surface area (Å²) in [7, 11) is 1.64. The van der Waals surface area contributed by atoms with Gasteiger partial charge in [0.2, 0.25) is 5.91 Å². The first-order valence-electron chi connectivity index (χ1n) is 9.95. The topological polar surface area (TPSA) is 89.5 Å². The van der Waals surface area contributed by atoms with E-state index in [-0.39, 0.29) is 5.91 Å². The van der Waals surface area contributed by atoms with E-state index in [1.54, 1.807) is 39.6 Å². The van der Waals surface area contributed by atoms with Crippen molar-refractivity contribution in [3.63, 3.8) is 0 Å². The highest BCUT2D eigenvalue weighted by Gasteiger charge is 2.25. The van der Waals surface area contributed by atoms with E-state index in [9.17, 15) is 9.59 Å². The number of thioether (sulfide) groups is 1. The molecule has 9 heteroatoms. The lowest BCUT2D eigenvalue weighted by atomic mass is 10.1. The van der Waals surface area contributed by atoms with Crippen LogP contribution in [0.5, 0.6) is 5.75 Å². The number of carbonyl (C=O) groups excluding carboxylic acids is 2. The zero-order valence-corrected chi connectivity index (χ0v) is 20.8. The number of alkyl carbamates (subject to hydrolysis) is 1. The lowest BCUT2D eigenvalue weighted by Gasteiger charge is -2.23. The predicted octanol–water partition coefficient (Wildman–Crippen LogP) is 5.02. The SMILES string of the molecule is COc1ccc(-c2nc(NC(=O)C(CCSC)NC(=O)OC(C)(C)C)sc2C)cc1C. The summed E-state index contributed by atoms with van der Waals surface area (Å²) < 4.78 is 10.6. The summed E-state index contributed by atoms with van der Waals surface area (Å²) in [5.41, 5.74) is 2.14. The molecule has 0 radical (unpaired) electrons. The van der Waals surface area contributed by atoms with Crippen molar-refractivity contribution in [3.8, 4) is 17.0 Å². The summed E-state index contributed by atoms with van der Waals surface area (Å²) in [6.07, 6.45) is 1.83. The second-order valence-electron chi connectivity index (χ2n) is 8.08. The molecule has 7 nitrogen and oxygen atoms in total. The Labute approximate surface area is 192 Å². The number of amides is 2. The molecule has 1 heterocycles. The van der Waals surface area contributed by atoms with Crippen LogP contribution in [0.3, 0.4) is 0 Å². The van der Waals surface area contributed by atoms with Crippen LogP contribution in [0.4, 0.5) is 9.93 Å². The normalized spacial score (nSPS) is 12.2. The molecule has 2 N–H and O–H groups in total. The predicted molar refractivity (Wildman–Crippen MR) is 128 cm³/mol. The second-order valence-corrected chi connectivity index (χ2v) is 10.3. The maximum Gasteiger partial charge on any atom is 0.408 e. The zero-order chi connectivity index (χ0) is 23.2. The molecule has 1 aromatic carbocycles. The van der Waals surface area contributed by atoms with E-state index < -0.39 is 17.7 Å². The van der Waals surface area contributed by atoms with Gasteiger partial charge in [-0.1, -0.05) is 0 Å². The number of thiazole rings is 1. The number of carbonyl (C=O) groups is 2. The third-order valence-electron chi connectivity index (χ3n) is 4.31. The van der Waals surface area contributed by atoms with Gasteiger partial charge in [-0.2, -0.15) is 11.8 Å². The molecule has 1 unspecified atom stereocenters. The minimum atomic E-state index is -0.710. The van der Waals surface area contributed by atoms with Crippen molar-refractivity contribution in [2.24, 2.45) is 0 Å². The molecule has 2 amide bonds. The Bertz CT molecular complexity index is 922. The first kappa shape index (κ1) is 25.0. The maximum absolute atomic E-state index is 12.9. The number of hydrogen-bond donors (Lipinski definition) is 2. The number of hydrogen-bond acceptors (Lipinski definition) is 7. The van der Waals surface area contributed by atoms with Crippen LogP contribution in [0.15, 0.2) is 18.2 Å². The summed E-state index contributed by atoms with van der Waals surface area (Å²) >= 11 is 3.01. The molecule has 1 aromatic heterocycles. The van der Waals surface area contributed by atoms with E-state index in [0.717, 1.165) is 33.2 Å². The highest BCUT2D eigenvalue weighted by atomic mass is 32.2. The second kappa shape index (κ2) is 10.9. The zero-order valence-electron chi connectivity index (χ0n) is 19.1. The van der Waals surface area contributed by atoms with Gasteiger partial charge >= 0.3 is 6.09 Å². The van der Waals surface area contributed by atoms with Crippen molar-refractivity contribution in [1.29, 1.82) is 0 Å². The van der Waals surface area contributed by atoms with Gasteiger partial charge in [0, 0.05) is 10.4 Å². The van der Waals surface area contributed by atoms with Gasteiger partial charge in [0.15, 0.2) is 5.13 Å². The third kappa shape index (κ3) is 7.43. The summed E-state index contributed by atoms with van der Waals surface area (Å²) in [5.74, 6) is 1.22. The minimum Gasteiger partial charge on any atom is -0.496 e. The number of aryl methyl sites for hydroxylation is 2. The van der Waals surface area contributed by atoms with Gasteiger partial charge in [-0.25, -0.2) is 9.78 Å². The van der Waals surface area contributed by atoms with Gasteiger partial charge in [-0.15, -0.1) is 11.3 Å². The van der Waals surface area contributed by atoms with Crippen LogP contribution in [0.2, 0.25) is 0 Å². The molecule has 0 saturated carbocycles. The molecule has 31 heavy (non-hydrogen) atoms. The number of nitrogens with zero attached hydrogens (tertiary/aromatic N) is 1. The average molecular weight is 466 g/mol. The monoisotopic (exact) mass is 465 g/mol. The molecule has 0 aliphatic carbocycles. The van der Waals surface area contributed by atoms with Crippen LogP contribution in [0.1, 0.15) is 37.6 Å². The van der Waals surface area contributed by atoms with Gasteiger partial charge < -0.3 is 20.1 Å². The largest absolute Gasteiger partial charge is 0.496 e. The molecular weight excluding hydrogens is 434 g/mol. The highest BCUT2D eigenvalue weighted by molar-refractivity contribution is 7.98. The summed E-state index contributed by atoms with van der Waals surface area (Å²) in [6.45, 7) is 9.29. The summed E-state index contributed by atoms with van der Waals surface area (Å²) in [5, 5.41) is 6.02. The van der Waals surface area contributed by atoms with Crippen molar-refractivity contribution in [2.75, 3.05) is 24.4 Å². The van der Waals surface area contributed by atoms with E-state index in [4.69, 9.17) is 9.47 Å². The molecule has 0 saturated heterocycles. The molecule has 2 rings (SSSR count). The molecule has 0 fully saturated rings. The molecule has 0 aliphatic rings. The number of aromatic nitrogens is 1. The Morgan fingerprint density at radius 1 is 1.26 bits per heavy atom. The molecule has 0 aliphatic heterocycles. The number of rotatable bonds is 8. The van der Waals surface area contributed by atoms with Crippen molar-refractivity contribution < 1.29 is 19.1 Å². The fraction of sp³-hybridized carbons (Fsp3) is 0.500. The molecule has 0 spiro atoms. The molecule has 0 bridgehead atoms. The van der Waals surface area contributed by atoms with Crippen LogP contribution < -0.4 is 15.4 Å². The average Bonchev–Trinajstić information content (AvgIpc) is 3.03. The van der Waals surface area contributed by atoms with Crippen LogP contribution in [0, 0.1) is 13.8 Å². The summed E-state index contributed by atoms with van der Waals surface area (Å²) in [4.78, 5) is 30.6. The fourth-order valence-electron chi connectivity index (χ4n) is 2.89. The number of benzene rings is 1. The van der Waals surface area contributed by atoms with Crippen LogP contribution in [-0.2, 0) is 9.53 Å². The Morgan fingerprint density at radius 2 is 1.97 bits per heavy atom. The first-order valence-corrected chi connectivity index (χ1v) is 12.2. The van der Waals surface area contributed by atoms with Crippen molar-refractivity contribution in [1.82, 2.24) is 10.3 Å². The van der Waals surface area contributed by atoms with Crippen LogP contribution >= 0.6 is 23.1 Å². The summed E-state index contributed by atoms with van der Waals surface area (Å²) in [6, 6.07) is 5.16. The Balaban J connectivity index is 2.15. The lowest BCUT2D eigenvalue weighted by Crippen LogP contribution is -2.46. The van der Waals surface area contributed by atoms with Crippen molar-refractivity contribution >= 4 is 40.2 Å². The van der Waals surface area contributed by atoms with E-state index in [0.29, 0.717) is 11.6 Å². The Hall–Kier alpha value is -2.26. The standard InChI is InChI=1S/C22H31N3O4S2/c1-13-12-15(8-9-17(13)28-6)18-14(2)31-20(24-18)25-19(26)16(10-11-30-7)23-21(27)29-22(3,4)5/h8-9,12,16H,10-11H2,1-7H3,(H,23,27)(H,24,25,26). The molecule has 2 aromatic rings. The third-order valence-corrected chi connectivity index (χ3v) is 5.84. The number of methoxy groups -OCH3 is 1. The number of anilines is 1. The van der Waals surface area contributed by atoms with Crippen LogP contribution in [-0.4, -0.2) is 47.7 Å². The Kier molecular flexibility index (Phi) is 8.76. The minimum absolute atomic E-state index is 0.314. The van der Waals surface area contributed by atoms with E-state index in [2.05, 4.69) is 15.6 Å². The number of ether oxygens (including phenoxy) is 2. The van der Waals surface area contributed by atoms with E-state index in [1.807, 2.05) is 38.3 Å². The highest BCUT2D eigenvalue weighted by Crippen LogP contribution is 2.32. The van der Waals surface area contributed by atoms with Gasteiger partial charge in [-0.05, 0) is 76.8 Å². The number of nitrogens with one attached hydrogen (secondary N) is 2. The molecular formula is C22H31N3O4S2. The Morgan fingerprint density at radius 3 is 2.55 bits per heavy atom. The van der Waals surface area contributed by atoms with E-state index >= 15 is 0 Å². The van der Waals surface area contributed by atoms with Gasteiger partial charge in [0.25, 0.3) is 0 Å². The van der Waals surface area contributed by atoms with E-state index in [1.165, 1.54) is 11.3 Å². The quantitative estimate of drug-likeness (QED) is 0.569. The smallest absolute Gasteiger partial charge is 0.408 e. The van der Waals surface area contributed by atoms with Crippen molar-refractivity contribution in [2.45, 2.75) is 52.7 Å². The molecule has 1 atom stereocenters. The van der Waals surface area contributed by atoms with Crippen molar-refractivity contribution in [3.05, 3.63) is 28.6 Å². The van der Waals surface area contributed by atoms with Gasteiger partial charge in [-0.3, -0.25) is 4.79 Å². The maximum atomic E-state index is 12.9. The van der Waals surface area contributed by atoms with Gasteiger partial charge in [0.05, 0.1) is 12.8 Å².